The zero-order valence-corrected chi connectivity index (χ0v) is 11.3. The van der Waals surface area contributed by atoms with E-state index in [1.54, 1.807) is 24.3 Å². The van der Waals surface area contributed by atoms with Gasteiger partial charge in [0.1, 0.15) is 0 Å². The van der Waals surface area contributed by atoms with E-state index in [4.69, 9.17) is 9.02 Å². The molecule has 100 valence electrons. The van der Waals surface area contributed by atoms with E-state index in [9.17, 15) is 8.42 Å². The number of nitrogens with zero attached hydrogens (tertiary/aromatic N) is 1. The van der Waals surface area contributed by atoms with Crippen molar-refractivity contribution >= 4 is 10.1 Å². The van der Waals surface area contributed by atoms with E-state index in [1.807, 2.05) is 13.8 Å². The Hall–Kier alpha value is -0.950. The number of ether oxygens (including phenoxy) is 1. The molecule has 0 spiro atoms. The number of hydrogen-bond acceptors (Lipinski definition) is 5. The third-order valence-electron chi connectivity index (χ3n) is 2.81. The van der Waals surface area contributed by atoms with Crippen molar-refractivity contribution in [1.29, 1.82) is 0 Å². The lowest BCUT2D eigenvalue weighted by atomic mass is 10.2. The highest BCUT2D eigenvalue weighted by atomic mass is 32.2. The first-order chi connectivity index (χ1) is 8.49. The first-order valence-electron chi connectivity index (χ1n) is 5.85. The van der Waals surface area contributed by atoms with Crippen LogP contribution in [0.3, 0.4) is 0 Å². The van der Waals surface area contributed by atoms with Crippen LogP contribution < -0.4 is 0 Å². The molecule has 0 radical (unpaired) electrons. The number of benzene rings is 1. The van der Waals surface area contributed by atoms with Crippen molar-refractivity contribution in [1.82, 2.24) is 5.06 Å². The van der Waals surface area contributed by atoms with E-state index < -0.39 is 10.1 Å². The molecule has 1 aromatic rings. The molecular formula is C12H17NO4S. The van der Waals surface area contributed by atoms with Crippen LogP contribution in [-0.4, -0.2) is 39.3 Å². The molecule has 0 N–H and O–H groups in total. The summed E-state index contributed by atoms with van der Waals surface area (Å²) in [5.74, 6) is 0. The van der Waals surface area contributed by atoms with Crippen molar-refractivity contribution in [3.63, 3.8) is 0 Å². The molecule has 1 aliphatic heterocycles. The van der Waals surface area contributed by atoms with Crippen molar-refractivity contribution in [2.45, 2.75) is 24.8 Å². The van der Waals surface area contributed by atoms with Crippen LogP contribution in [0, 0.1) is 6.92 Å². The highest BCUT2D eigenvalue weighted by Crippen LogP contribution is 2.17. The smallest absolute Gasteiger partial charge is 0.313 e. The lowest BCUT2D eigenvalue weighted by Gasteiger charge is -2.30. The Balaban J connectivity index is 2.13. The molecule has 5 nitrogen and oxygen atoms in total. The van der Waals surface area contributed by atoms with Crippen LogP contribution in [-0.2, 0) is 19.1 Å². The number of hydroxylamine groups is 2. The van der Waals surface area contributed by atoms with Crippen molar-refractivity contribution in [2.75, 3.05) is 19.8 Å². The Bertz CT molecular complexity index is 497. The van der Waals surface area contributed by atoms with E-state index in [1.165, 1.54) is 5.06 Å². The summed E-state index contributed by atoms with van der Waals surface area (Å²) in [4.78, 5) is 0.173. The van der Waals surface area contributed by atoms with Gasteiger partial charge in [-0.2, -0.15) is 17.8 Å². The average Bonchev–Trinajstić information content (AvgIpc) is 2.32. The van der Waals surface area contributed by atoms with Crippen LogP contribution >= 0.6 is 0 Å². The molecule has 0 aromatic heterocycles. The molecule has 1 aliphatic rings. The van der Waals surface area contributed by atoms with Crippen molar-refractivity contribution in [2.24, 2.45) is 0 Å². The van der Waals surface area contributed by atoms with Crippen LogP contribution in [0.15, 0.2) is 29.2 Å². The first-order valence-corrected chi connectivity index (χ1v) is 7.25. The van der Waals surface area contributed by atoms with Gasteiger partial charge in [-0.3, -0.25) is 0 Å². The highest BCUT2D eigenvalue weighted by Gasteiger charge is 2.26. The molecule has 1 aromatic carbocycles. The summed E-state index contributed by atoms with van der Waals surface area (Å²) < 4.78 is 34.5. The zero-order valence-electron chi connectivity index (χ0n) is 10.5. The maximum atomic E-state index is 12.1. The molecule has 1 fully saturated rings. The molecular weight excluding hydrogens is 254 g/mol. The first kappa shape index (κ1) is 13.5. The van der Waals surface area contributed by atoms with Crippen LogP contribution in [0.2, 0.25) is 0 Å². The predicted octanol–water partition coefficient (Wildman–Crippen LogP) is 1.34. The minimum absolute atomic E-state index is 0.0704. The van der Waals surface area contributed by atoms with Crippen LogP contribution in [0.1, 0.15) is 12.5 Å². The fourth-order valence-electron chi connectivity index (χ4n) is 1.70. The average molecular weight is 271 g/mol. The Kier molecular flexibility index (Phi) is 4.01. The van der Waals surface area contributed by atoms with Gasteiger partial charge in [-0.1, -0.05) is 17.7 Å². The lowest BCUT2D eigenvalue weighted by Crippen LogP contribution is -2.44. The van der Waals surface area contributed by atoms with E-state index in [0.29, 0.717) is 19.8 Å². The van der Waals surface area contributed by atoms with Gasteiger partial charge in [0.25, 0.3) is 0 Å². The zero-order chi connectivity index (χ0) is 13.2. The van der Waals surface area contributed by atoms with Crippen molar-refractivity contribution in [3.8, 4) is 0 Å². The van der Waals surface area contributed by atoms with Crippen LogP contribution in [0.25, 0.3) is 0 Å². The van der Waals surface area contributed by atoms with Gasteiger partial charge in [-0.25, -0.2) is 0 Å². The second-order valence-electron chi connectivity index (χ2n) is 4.41. The van der Waals surface area contributed by atoms with Crippen LogP contribution in [0.4, 0.5) is 0 Å². The summed E-state index contributed by atoms with van der Waals surface area (Å²) in [6.07, 6.45) is 0. The molecule has 1 heterocycles. The quantitative estimate of drug-likeness (QED) is 0.830. The Morgan fingerprint density at radius 1 is 1.33 bits per heavy atom. The molecule has 0 unspecified atom stereocenters. The Morgan fingerprint density at radius 3 is 2.61 bits per heavy atom. The molecule has 0 amide bonds. The lowest BCUT2D eigenvalue weighted by molar-refractivity contribution is -0.147. The minimum Gasteiger partial charge on any atom is -0.378 e. The number of aryl methyl sites for hydroxylation is 1. The molecule has 1 atom stereocenters. The third kappa shape index (κ3) is 3.08. The van der Waals surface area contributed by atoms with Gasteiger partial charge in [-0.15, -0.1) is 0 Å². The van der Waals surface area contributed by atoms with E-state index in [0.717, 1.165) is 5.56 Å². The molecule has 2 rings (SSSR count). The SMILES string of the molecule is Cc1ccc(S(=O)(=O)ON2CCOC[C@@H]2C)cc1. The van der Waals surface area contributed by atoms with Gasteiger partial charge in [-0.05, 0) is 26.0 Å². The maximum Gasteiger partial charge on any atom is 0.313 e. The highest BCUT2D eigenvalue weighted by molar-refractivity contribution is 7.86. The van der Waals surface area contributed by atoms with Gasteiger partial charge in [0.05, 0.1) is 24.2 Å². The van der Waals surface area contributed by atoms with E-state index in [2.05, 4.69) is 0 Å². The summed E-state index contributed by atoms with van der Waals surface area (Å²) in [6, 6.07) is 6.53. The second-order valence-corrected chi connectivity index (χ2v) is 5.94. The Morgan fingerprint density at radius 2 is 2.00 bits per heavy atom. The summed E-state index contributed by atoms with van der Waals surface area (Å²) in [7, 11) is -3.74. The van der Waals surface area contributed by atoms with Gasteiger partial charge < -0.3 is 4.74 Å². The number of hydrogen-bond donors (Lipinski definition) is 0. The molecule has 0 bridgehead atoms. The summed E-state index contributed by atoms with van der Waals surface area (Å²) in [6.45, 7) is 5.18. The van der Waals surface area contributed by atoms with Gasteiger partial charge in [0, 0.05) is 6.54 Å². The van der Waals surface area contributed by atoms with Gasteiger partial charge in [0.2, 0.25) is 0 Å². The predicted molar refractivity (Wildman–Crippen MR) is 66.4 cm³/mol. The topological polar surface area (TPSA) is 55.8 Å². The minimum atomic E-state index is -3.74. The standard InChI is InChI=1S/C12H17NO4S/c1-10-3-5-12(6-4-10)18(14,15)17-13-7-8-16-9-11(13)2/h3-6,11H,7-9H2,1-2H3/t11-/m0/s1. The number of rotatable bonds is 3. The van der Waals surface area contributed by atoms with E-state index >= 15 is 0 Å². The monoisotopic (exact) mass is 271 g/mol. The largest absolute Gasteiger partial charge is 0.378 e. The fourth-order valence-corrected chi connectivity index (χ4v) is 2.73. The normalized spacial score (nSPS) is 22.0. The molecule has 1 saturated heterocycles. The fraction of sp³-hybridized carbons (Fsp3) is 0.500. The molecule has 18 heavy (non-hydrogen) atoms. The van der Waals surface area contributed by atoms with Gasteiger partial charge >= 0.3 is 10.1 Å². The summed E-state index contributed by atoms with van der Waals surface area (Å²) in [5.41, 5.74) is 1.01. The number of morpholine rings is 1. The van der Waals surface area contributed by atoms with Crippen molar-refractivity contribution in [3.05, 3.63) is 29.8 Å². The summed E-state index contributed by atoms with van der Waals surface area (Å²) in [5, 5.41) is 1.46. The van der Waals surface area contributed by atoms with E-state index in [-0.39, 0.29) is 10.9 Å². The Labute approximate surface area is 107 Å². The molecule has 0 saturated carbocycles. The van der Waals surface area contributed by atoms with Crippen molar-refractivity contribution < 1.29 is 17.4 Å². The maximum absolute atomic E-state index is 12.1. The molecule has 0 aliphatic carbocycles. The summed E-state index contributed by atoms with van der Waals surface area (Å²) >= 11 is 0. The second kappa shape index (κ2) is 5.36. The van der Waals surface area contributed by atoms with Gasteiger partial charge in [0.15, 0.2) is 0 Å². The third-order valence-corrected chi connectivity index (χ3v) is 4.05. The van der Waals surface area contributed by atoms with Crippen LogP contribution in [0.5, 0.6) is 0 Å². The molecule has 6 heteroatoms.